The van der Waals surface area contributed by atoms with E-state index in [0.29, 0.717) is 120 Å². The van der Waals surface area contributed by atoms with Gasteiger partial charge in [-0.2, -0.15) is 0 Å². The minimum Gasteiger partial charge on any atom is -0.478 e. The van der Waals surface area contributed by atoms with Gasteiger partial charge in [0.05, 0.1) is 5.56 Å². The minimum atomic E-state index is -0.992. The van der Waals surface area contributed by atoms with Crippen LogP contribution in [0.15, 0.2) is 140 Å². The lowest BCUT2D eigenvalue weighted by atomic mass is 9.97. The van der Waals surface area contributed by atoms with Crippen LogP contribution < -0.4 is 31.1 Å². The number of benzene rings is 4. The first-order chi connectivity index (χ1) is 44.6. The number of anilines is 5. The van der Waals surface area contributed by atoms with Gasteiger partial charge in [-0.15, -0.1) is 0 Å². The number of aromatic nitrogens is 3. The Morgan fingerprint density at radius 1 is 0.500 bits per heavy atom. The second-order valence-electron chi connectivity index (χ2n) is 25.7. The lowest BCUT2D eigenvalue weighted by Gasteiger charge is -2.36. The molecular formula is C71H83F2N11O10. The number of nitrogens with two attached hydrogens (primary N) is 1. The summed E-state index contributed by atoms with van der Waals surface area (Å²) < 4.78 is 44.9. The van der Waals surface area contributed by atoms with E-state index in [1.165, 1.54) is 30.6 Å². The third kappa shape index (κ3) is 20.2. The van der Waals surface area contributed by atoms with Crippen LogP contribution in [-0.4, -0.2) is 161 Å². The van der Waals surface area contributed by atoms with E-state index in [-0.39, 0.29) is 53.8 Å². The number of nitrogen functional groups attached to an aromatic ring is 1. The zero-order valence-electron chi connectivity index (χ0n) is 54.7. The maximum Gasteiger partial charge on any atom is 0.412 e. The standard InChI is InChI=1S/C33H39FN4O5.C23H23FN4O.C15H21N3O4/c1-32(2,3)42-30(40)36-27-13-11-22(25-9-7-8-10-26(25)34)19-24(27)20-28(39)23-12-14-29(35-21-23)37-15-17-38(18-16-37)31(41)43-33(4,5)6;24-20-4-2-1-3-19(20)16-5-7-21(25)18(13-16)14-22(29)17-6-8-23(27-15-17)28-11-9-26-10-12-28;1-15(2,3)22-14(21)18-8-6-17(7-9-18)12-5-4-11(10-16-12)13(19)20/h7-14,19,21H,15-18,20H2,1-6H3,(H,36,40);1-8,13,15,26H,9-12,14,25H2;4-5,10H,6-9H2,1-3H3,(H,19,20). The number of halogens is 2. The van der Waals surface area contributed by atoms with Crippen LogP contribution in [0, 0.1) is 11.6 Å². The number of Topliss-reactive ketones (excluding diaryl/α,β-unsaturated/α-hetero) is 2. The molecule has 4 aromatic carbocycles. The van der Waals surface area contributed by atoms with Crippen LogP contribution in [0.25, 0.3) is 22.3 Å². The number of hydrogen-bond donors (Lipinski definition) is 4. The molecule has 3 aromatic heterocycles. The highest BCUT2D eigenvalue weighted by Crippen LogP contribution is 2.31. The Hall–Kier alpha value is -10.0. The van der Waals surface area contributed by atoms with Gasteiger partial charge in [-0.3, -0.25) is 14.9 Å². The van der Waals surface area contributed by atoms with Gasteiger partial charge in [-0.1, -0.05) is 48.5 Å². The monoisotopic (exact) mass is 1290 g/mol. The largest absolute Gasteiger partial charge is 0.478 e. The second kappa shape index (κ2) is 31.1. The van der Waals surface area contributed by atoms with Crippen molar-refractivity contribution in [2.45, 2.75) is 92.0 Å². The first-order valence-electron chi connectivity index (χ1n) is 31.2. The molecule has 0 bridgehead atoms. The second-order valence-corrected chi connectivity index (χ2v) is 25.7. The van der Waals surface area contributed by atoms with Gasteiger partial charge in [-0.05, 0) is 157 Å². The number of carboxylic acid groups (broad SMARTS) is 1. The van der Waals surface area contributed by atoms with Gasteiger partial charge in [0.2, 0.25) is 0 Å². The Kier molecular flexibility index (Phi) is 23.1. The van der Waals surface area contributed by atoms with Crippen molar-refractivity contribution in [1.29, 1.82) is 0 Å². The van der Waals surface area contributed by atoms with Crippen molar-refractivity contribution in [3.63, 3.8) is 0 Å². The van der Waals surface area contributed by atoms with Crippen molar-refractivity contribution in [3.8, 4) is 22.3 Å². The SMILES string of the molecule is CC(C)(C)OC(=O)N1CCN(c2ccc(C(=O)O)cn2)CC1.CC(C)(C)OC(=O)Nc1ccc(-c2ccccc2F)cc1CC(=O)c1ccc(N2CCN(C(=O)OC(C)(C)C)CC2)nc1.Nc1ccc(-c2ccccc2F)cc1CC(=O)c1ccc(N2CCNCC2)nc1. The van der Waals surface area contributed by atoms with Crippen molar-refractivity contribution in [2.24, 2.45) is 0 Å². The Morgan fingerprint density at radius 3 is 1.30 bits per heavy atom. The van der Waals surface area contributed by atoms with Crippen LogP contribution in [0.4, 0.5) is 52.0 Å². The molecule has 5 N–H and O–H groups in total. The molecule has 7 aromatic rings. The number of carbonyl (C=O) groups excluding carboxylic acids is 5. The van der Waals surface area contributed by atoms with Crippen molar-refractivity contribution in [3.05, 3.63) is 179 Å². The fraction of sp³-hybridized carbons (Fsp3) is 0.366. The number of ketones is 2. The summed E-state index contributed by atoms with van der Waals surface area (Å²) in [5.74, 6) is 0.330. The van der Waals surface area contributed by atoms with Crippen LogP contribution in [0.2, 0.25) is 0 Å². The van der Waals surface area contributed by atoms with Crippen molar-refractivity contribution >= 4 is 64.6 Å². The van der Waals surface area contributed by atoms with Gasteiger partial charge < -0.3 is 54.9 Å². The molecular weight excluding hydrogens is 1200 g/mol. The Bertz CT molecular complexity index is 3780. The van der Waals surface area contributed by atoms with Gasteiger partial charge in [0.25, 0.3) is 0 Å². The van der Waals surface area contributed by atoms with Crippen LogP contribution in [0.5, 0.6) is 0 Å². The molecule has 6 heterocycles. The summed E-state index contributed by atoms with van der Waals surface area (Å²) in [7, 11) is 0. The number of carbonyl (C=O) groups is 6. The topological polar surface area (TPSA) is 255 Å². The lowest BCUT2D eigenvalue weighted by Crippen LogP contribution is -2.50. The Balaban J connectivity index is 0.000000192. The molecule has 10 rings (SSSR count). The van der Waals surface area contributed by atoms with E-state index < -0.39 is 28.9 Å². The predicted octanol–water partition coefficient (Wildman–Crippen LogP) is 11.9. The molecule has 0 atom stereocenters. The highest BCUT2D eigenvalue weighted by Gasteiger charge is 2.29. The average molecular weight is 1290 g/mol. The van der Waals surface area contributed by atoms with Gasteiger partial charge in [0, 0.05) is 144 Å². The molecule has 3 aliphatic heterocycles. The average Bonchev–Trinajstić information content (AvgIpc) is 0.850. The van der Waals surface area contributed by atoms with E-state index in [4.69, 9.17) is 25.1 Å². The quantitative estimate of drug-likeness (QED) is 0.0475. The van der Waals surface area contributed by atoms with Crippen molar-refractivity contribution in [1.82, 2.24) is 30.1 Å². The highest BCUT2D eigenvalue weighted by atomic mass is 19.1. The first kappa shape index (κ1) is 69.9. The van der Waals surface area contributed by atoms with E-state index in [0.717, 1.165) is 32.0 Å². The summed E-state index contributed by atoms with van der Waals surface area (Å²) >= 11 is 0. The molecule has 0 radical (unpaired) electrons. The molecule has 0 unspecified atom stereocenters. The summed E-state index contributed by atoms with van der Waals surface area (Å²) in [6.45, 7) is 24.5. The van der Waals surface area contributed by atoms with E-state index in [1.54, 1.807) is 128 Å². The van der Waals surface area contributed by atoms with Crippen molar-refractivity contribution < 1.29 is 56.9 Å². The van der Waals surface area contributed by atoms with Gasteiger partial charge in [0.1, 0.15) is 45.9 Å². The number of rotatable bonds is 13. The number of ether oxygens (including phenoxy) is 3. The van der Waals surface area contributed by atoms with E-state index in [2.05, 4.69) is 35.4 Å². The van der Waals surface area contributed by atoms with E-state index >= 15 is 0 Å². The van der Waals surface area contributed by atoms with Crippen LogP contribution in [0.3, 0.4) is 0 Å². The fourth-order valence-electron chi connectivity index (χ4n) is 10.3. The molecule has 21 nitrogen and oxygen atoms in total. The van der Waals surface area contributed by atoms with Gasteiger partial charge >= 0.3 is 24.2 Å². The lowest BCUT2D eigenvalue weighted by molar-refractivity contribution is 0.0230. The number of nitrogens with one attached hydrogen (secondary N) is 2. The smallest absolute Gasteiger partial charge is 0.412 e. The minimum absolute atomic E-state index is 0.0526. The number of carboxylic acids is 1. The predicted molar refractivity (Wildman–Crippen MR) is 359 cm³/mol. The Labute approximate surface area is 547 Å². The Morgan fingerprint density at radius 2 is 0.894 bits per heavy atom. The maximum absolute atomic E-state index is 14.6. The van der Waals surface area contributed by atoms with Crippen molar-refractivity contribution in [2.75, 3.05) is 104 Å². The number of pyridine rings is 3. The molecule has 3 saturated heterocycles. The van der Waals surface area contributed by atoms with Crippen LogP contribution in [-0.2, 0) is 27.1 Å². The van der Waals surface area contributed by atoms with Gasteiger partial charge in [-0.25, -0.2) is 42.9 Å². The summed E-state index contributed by atoms with van der Waals surface area (Å²) in [6, 6.07) is 33.7. The number of amides is 3. The summed E-state index contributed by atoms with van der Waals surface area (Å²) in [5.41, 5.74) is 9.69. The van der Waals surface area contributed by atoms with Crippen LogP contribution >= 0.6 is 0 Å². The third-order valence-corrected chi connectivity index (χ3v) is 15.0. The number of nitrogens with zero attached hydrogens (tertiary/aromatic N) is 8. The molecule has 0 saturated carbocycles. The molecule has 94 heavy (non-hydrogen) atoms. The zero-order chi connectivity index (χ0) is 67.9. The summed E-state index contributed by atoms with van der Waals surface area (Å²) in [5, 5.41) is 14.9. The molecule has 23 heteroatoms. The maximum atomic E-state index is 14.6. The van der Waals surface area contributed by atoms with Gasteiger partial charge in [0.15, 0.2) is 11.6 Å². The number of piperazine rings is 3. The number of aromatic carboxylic acids is 1. The van der Waals surface area contributed by atoms with E-state index in [9.17, 15) is 37.5 Å². The molecule has 0 aliphatic carbocycles. The fourth-order valence-corrected chi connectivity index (χ4v) is 10.3. The van der Waals surface area contributed by atoms with Crippen LogP contribution in [0.1, 0.15) is 105 Å². The first-order valence-corrected chi connectivity index (χ1v) is 31.2. The molecule has 3 amide bonds. The number of hydrogen-bond acceptors (Lipinski definition) is 17. The molecule has 3 aliphatic rings. The molecule has 0 spiro atoms. The third-order valence-electron chi connectivity index (χ3n) is 15.0. The molecule has 496 valence electrons. The summed E-state index contributed by atoms with van der Waals surface area (Å²) in [6.07, 6.45) is 3.29. The zero-order valence-corrected chi connectivity index (χ0v) is 54.7. The van der Waals surface area contributed by atoms with E-state index in [1.807, 2.05) is 58.6 Å². The summed E-state index contributed by atoms with van der Waals surface area (Å²) in [4.78, 5) is 96.6. The molecule has 3 fully saturated rings. The normalized spacial score (nSPS) is 14.3. The highest BCUT2D eigenvalue weighted by molar-refractivity contribution is 6.00.